The number of piperidine rings is 1. The number of carboxylic acids is 2. The van der Waals surface area contributed by atoms with E-state index in [0.29, 0.717) is 6.54 Å². The predicted molar refractivity (Wildman–Crippen MR) is 125 cm³/mol. The molecule has 2 aromatic rings. The number of benzene rings is 1. The van der Waals surface area contributed by atoms with Crippen molar-refractivity contribution in [2.24, 2.45) is 5.41 Å². The zero-order valence-corrected chi connectivity index (χ0v) is 20.9. The minimum absolute atomic E-state index is 0.207. The number of rotatable bonds is 4. The highest BCUT2D eigenvalue weighted by atomic mass is 19.4. The molecule has 0 bridgehead atoms. The molecular weight excluding hydrogens is 555 g/mol. The summed E-state index contributed by atoms with van der Waals surface area (Å²) in [6.45, 7) is 4.07. The molecule has 1 unspecified atom stereocenters. The van der Waals surface area contributed by atoms with Gasteiger partial charge in [-0.25, -0.2) is 14.0 Å². The monoisotopic (exact) mass is 581 g/mol. The number of pyridine rings is 1. The smallest absolute Gasteiger partial charge is 0.475 e. The minimum atomic E-state index is -5.08. The molecule has 1 spiro atoms. The molecule has 1 aromatic heterocycles. The first-order valence-corrected chi connectivity index (χ1v) is 11.8. The van der Waals surface area contributed by atoms with E-state index in [0.717, 1.165) is 56.6 Å². The number of carboxylic acid groups (broad SMARTS) is 2. The van der Waals surface area contributed by atoms with Crippen LogP contribution in [0.4, 0.5) is 30.7 Å². The Morgan fingerprint density at radius 1 is 0.825 bits per heavy atom. The second-order valence-corrected chi connectivity index (χ2v) is 9.16. The molecular formula is C25H26F7N3O5. The maximum absolute atomic E-state index is 13.2. The van der Waals surface area contributed by atoms with Crippen molar-refractivity contribution >= 4 is 17.8 Å². The predicted octanol–water partition coefficient (Wildman–Crippen LogP) is 4.50. The standard InChI is InChI=1S/C21H24FN3O.2C2HF3O2/c22-19-4-2-17(3-5-19)14-24-12-1-8-21(16-24)9-13-25(20(21)26)15-18-6-10-23-11-7-18;2*3-2(4,5)1(6)7/h2-7,10-11H,1,8-9,12-16H2;2*(H,6,7). The highest BCUT2D eigenvalue weighted by molar-refractivity contribution is 5.85. The van der Waals surface area contributed by atoms with Crippen LogP contribution in [-0.4, -0.2) is 74.8 Å². The third kappa shape index (κ3) is 9.77. The quantitative estimate of drug-likeness (QED) is 0.512. The van der Waals surface area contributed by atoms with Gasteiger partial charge < -0.3 is 15.1 Å². The molecule has 2 saturated heterocycles. The lowest BCUT2D eigenvalue weighted by Gasteiger charge is -2.39. The largest absolute Gasteiger partial charge is 0.490 e. The van der Waals surface area contributed by atoms with E-state index in [4.69, 9.17) is 19.8 Å². The number of aliphatic carboxylic acids is 2. The van der Waals surface area contributed by atoms with E-state index >= 15 is 0 Å². The van der Waals surface area contributed by atoms with Crippen LogP contribution in [0.25, 0.3) is 0 Å². The number of hydrogen-bond donors (Lipinski definition) is 2. The fourth-order valence-electron chi connectivity index (χ4n) is 4.34. The molecule has 2 aliphatic heterocycles. The van der Waals surface area contributed by atoms with Gasteiger partial charge in [0.15, 0.2) is 0 Å². The molecule has 3 heterocycles. The van der Waals surface area contributed by atoms with Gasteiger partial charge in [-0.1, -0.05) is 12.1 Å². The van der Waals surface area contributed by atoms with Crippen molar-refractivity contribution < 1.29 is 55.3 Å². The van der Waals surface area contributed by atoms with E-state index in [-0.39, 0.29) is 17.1 Å². The molecule has 2 aliphatic rings. The first kappa shape index (κ1) is 32.5. The van der Waals surface area contributed by atoms with Crippen LogP contribution in [-0.2, 0) is 27.5 Å². The lowest BCUT2D eigenvalue weighted by Crippen LogP contribution is -2.47. The second kappa shape index (κ2) is 13.5. The fraction of sp³-hybridized carbons (Fsp3) is 0.440. The van der Waals surface area contributed by atoms with Crippen molar-refractivity contribution in [2.75, 3.05) is 19.6 Å². The summed E-state index contributed by atoms with van der Waals surface area (Å²) < 4.78 is 76.6. The van der Waals surface area contributed by atoms with Crippen LogP contribution in [0.1, 0.15) is 30.4 Å². The van der Waals surface area contributed by atoms with Gasteiger partial charge in [-0.05, 0) is 61.2 Å². The average Bonchev–Trinajstić information content (AvgIpc) is 3.15. The van der Waals surface area contributed by atoms with Crippen molar-refractivity contribution in [1.29, 1.82) is 0 Å². The SMILES string of the molecule is O=C(O)C(F)(F)F.O=C(O)C(F)(F)F.O=C1N(Cc2ccncc2)CCC12CCCN(Cc1ccc(F)cc1)C2. The second-order valence-electron chi connectivity index (χ2n) is 9.16. The molecule has 1 aromatic carbocycles. The van der Waals surface area contributed by atoms with Crippen LogP contribution < -0.4 is 0 Å². The summed E-state index contributed by atoms with van der Waals surface area (Å²) in [5.41, 5.74) is 1.98. The number of nitrogens with zero attached hydrogens (tertiary/aromatic N) is 3. The highest BCUT2D eigenvalue weighted by Gasteiger charge is 2.48. The number of carbonyl (C=O) groups is 3. The molecule has 0 saturated carbocycles. The first-order valence-electron chi connectivity index (χ1n) is 11.8. The molecule has 15 heteroatoms. The van der Waals surface area contributed by atoms with Crippen LogP contribution in [0, 0.1) is 11.2 Å². The first-order chi connectivity index (χ1) is 18.5. The topological polar surface area (TPSA) is 111 Å². The van der Waals surface area contributed by atoms with Gasteiger partial charge in [0.05, 0.1) is 5.41 Å². The summed E-state index contributed by atoms with van der Waals surface area (Å²) >= 11 is 0. The average molecular weight is 581 g/mol. The Bertz CT molecular complexity index is 1120. The van der Waals surface area contributed by atoms with Crippen molar-refractivity contribution in [3.8, 4) is 0 Å². The summed E-state index contributed by atoms with van der Waals surface area (Å²) in [5.74, 6) is -5.43. The van der Waals surface area contributed by atoms with Crippen LogP contribution in [0.5, 0.6) is 0 Å². The van der Waals surface area contributed by atoms with Crippen molar-refractivity contribution in [3.63, 3.8) is 0 Å². The maximum atomic E-state index is 13.2. The molecule has 0 aliphatic carbocycles. The van der Waals surface area contributed by atoms with Crippen LogP contribution in [0.3, 0.4) is 0 Å². The lowest BCUT2D eigenvalue weighted by molar-refractivity contribution is -0.193. The van der Waals surface area contributed by atoms with E-state index in [2.05, 4.69) is 9.88 Å². The summed E-state index contributed by atoms with van der Waals surface area (Å²) in [4.78, 5) is 39.3. The molecule has 220 valence electrons. The van der Waals surface area contributed by atoms with Gasteiger partial charge in [-0.15, -0.1) is 0 Å². The Morgan fingerprint density at radius 2 is 1.32 bits per heavy atom. The highest BCUT2D eigenvalue weighted by Crippen LogP contribution is 2.41. The summed E-state index contributed by atoms with van der Waals surface area (Å²) in [7, 11) is 0. The van der Waals surface area contributed by atoms with Gasteiger partial charge in [0.25, 0.3) is 0 Å². The van der Waals surface area contributed by atoms with Crippen molar-refractivity contribution in [2.45, 2.75) is 44.7 Å². The normalized spacial score (nSPS) is 19.4. The molecule has 2 fully saturated rings. The van der Waals surface area contributed by atoms with E-state index < -0.39 is 24.3 Å². The van der Waals surface area contributed by atoms with Crippen molar-refractivity contribution in [3.05, 3.63) is 65.7 Å². The molecule has 2 N–H and O–H groups in total. The number of aromatic nitrogens is 1. The number of halogens is 7. The van der Waals surface area contributed by atoms with Crippen LogP contribution >= 0.6 is 0 Å². The Morgan fingerprint density at radius 3 is 1.82 bits per heavy atom. The van der Waals surface area contributed by atoms with Gasteiger partial charge >= 0.3 is 24.3 Å². The molecule has 1 atom stereocenters. The number of amides is 1. The van der Waals surface area contributed by atoms with Crippen molar-refractivity contribution in [1.82, 2.24) is 14.8 Å². The Hall–Kier alpha value is -3.75. The van der Waals surface area contributed by atoms with Gasteiger partial charge in [-0.2, -0.15) is 26.3 Å². The van der Waals surface area contributed by atoms with E-state index in [1.807, 2.05) is 29.2 Å². The maximum Gasteiger partial charge on any atom is 0.490 e. The van der Waals surface area contributed by atoms with E-state index in [1.54, 1.807) is 12.4 Å². The summed E-state index contributed by atoms with van der Waals surface area (Å²) in [6, 6.07) is 10.6. The van der Waals surface area contributed by atoms with Crippen LogP contribution in [0.2, 0.25) is 0 Å². The third-order valence-electron chi connectivity index (χ3n) is 6.18. The molecule has 0 radical (unpaired) electrons. The third-order valence-corrected chi connectivity index (χ3v) is 6.18. The zero-order chi connectivity index (χ0) is 30.1. The van der Waals surface area contributed by atoms with Crippen LogP contribution in [0.15, 0.2) is 48.8 Å². The zero-order valence-electron chi connectivity index (χ0n) is 20.9. The van der Waals surface area contributed by atoms with E-state index in [9.17, 15) is 35.5 Å². The fourth-order valence-corrected chi connectivity index (χ4v) is 4.34. The number of carbonyl (C=O) groups excluding carboxylic acids is 1. The van der Waals surface area contributed by atoms with Gasteiger partial charge in [-0.3, -0.25) is 14.7 Å². The lowest BCUT2D eigenvalue weighted by atomic mass is 9.78. The number of alkyl halides is 6. The van der Waals surface area contributed by atoms with E-state index in [1.165, 1.54) is 12.1 Å². The Labute approximate surface area is 224 Å². The Balaban J connectivity index is 0.000000333. The number of hydrogen-bond acceptors (Lipinski definition) is 5. The molecule has 1 amide bonds. The summed E-state index contributed by atoms with van der Waals surface area (Å²) in [5, 5.41) is 14.2. The number of likely N-dealkylation sites (tertiary alicyclic amines) is 2. The minimum Gasteiger partial charge on any atom is -0.475 e. The Kier molecular flexibility index (Phi) is 11.0. The van der Waals surface area contributed by atoms with Gasteiger partial charge in [0.1, 0.15) is 5.82 Å². The molecule has 8 nitrogen and oxygen atoms in total. The molecule has 4 rings (SSSR count). The van der Waals surface area contributed by atoms with Gasteiger partial charge in [0.2, 0.25) is 5.91 Å². The summed E-state index contributed by atoms with van der Waals surface area (Å²) in [6.07, 6.45) is -3.68. The molecule has 40 heavy (non-hydrogen) atoms. The van der Waals surface area contributed by atoms with Gasteiger partial charge in [0, 0.05) is 38.6 Å².